The van der Waals surface area contributed by atoms with Crippen LogP contribution in [0.2, 0.25) is 0 Å². The Morgan fingerprint density at radius 3 is 2.26 bits per heavy atom. The van der Waals surface area contributed by atoms with Crippen LogP contribution in [0.3, 0.4) is 0 Å². The number of nitrogens with zero attached hydrogens (tertiary/aromatic N) is 3. The molecule has 1 fully saturated rings. The molecule has 0 N–H and O–H groups in total. The molecule has 0 bridgehead atoms. The standard InChI is InChI=1S/C20H24FN3O2S/c1-11-10-20(2,3)24(6)16-9-15(21)12(7-13(11)16)8-14-17(25)22(4)19(27)23(5)18(14)26/h7-9,11H,10H2,1-6H3. The fourth-order valence-corrected chi connectivity index (χ4v) is 4.01. The Hall–Kier alpha value is -2.28. The Morgan fingerprint density at radius 2 is 1.70 bits per heavy atom. The molecule has 1 saturated heterocycles. The lowest BCUT2D eigenvalue weighted by atomic mass is 9.80. The Bertz CT molecular complexity index is 867. The Labute approximate surface area is 164 Å². The van der Waals surface area contributed by atoms with Gasteiger partial charge < -0.3 is 4.90 Å². The van der Waals surface area contributed by atoms with Crippen LogP contribution in [-0.4, -0.2) is 53.4 Å². The normalized spacial score (nSPS) is 22.3. The molecule has 5 nitrogen and oxygen atoms in total. The molecule has 1 unspecified atom stereocenters. The zero-order valence-electron chi connectivity index (χ0n) is 16.5. The molecule has 1 atom stereocenters. The second-order valence-corrected chi connectivity index (χ2v) is 8.34. The second kappa shape index (κ2) is 6.41. The van der Waals surface area contributed by atoms with Crippen molar-refractivity contribution < 1.29 is 14.0 Å². The second-order valence-electron chi connectivity index (χ2n) is 7.98. The van der Waals surface area contributed by atoms with E-state index in [2.05, 4.69) is 25.7 Å². The summed E-state index contributed by atoms with van der Waals surface area (Å²) in [7, 11) is 4.97. The summed E-state index contributed by atoms with van der Waals surface area (Å²) in [4.78, 5) is 29.5. The topological polar surface area (TPSA) is 43.9 Å². The molecular weight excluding hydrogens is 365 g/mol. The summed E-state index contributed by atoms with van der Waals surface area (Å²) in [6, 6.07) is 3.25. The molecule has 144 valence electrons. The first kappa shape index (κ1) is 19.5. The number of carbonyl (C=O) groups excluding carboxylic acids is 2. The number of rotatable bonds is 1. The SMILES string of the molecule is CC1CC(C)(C)N(C)c2cc(F)c(C=C3C(=O)N(C)C(=S)N(C)C3=O)cc21. The summed E-state index contributed by atoms with van der Waals surface area (Å²) >= 11 is 5.08. The van der Waals surface area contributed by atoms with Crippen LogP contribution >= 0.6 is 12.2 Å². The number of hydrogen-bond acceptors (Lipinski definition) is 4. The van der Waals surface area contributed by atoms with Crippen molar-refractivity contribution in [2.24, 2.45) is 0 Å². The van der Waals surface area contributed by atoms with Gasteiger partial charge in [-0.1, -0.05) is 6.92 Å². The minimum atomic E-state index is -0.522. The van der Waals surface area contributed by atoms with Crippen LogP contribution in [0.4, 0.5) is 10.1 Å². The first-order valence-electron chi connectivity index (χ1n) is 8.84. The number of benzene rings is 1. The number of anilines is 1. The van der Waals surface area contributed by atoms with Gasteiger partial charge in [-0.3, -0.25) is 19.4 Å². The molecule has 7 heteroatoms. The van der Waals surface area contributed by atoms with E-state index in [1.165, 1.54) is 36.0 Å². The molecule has 2 aliphatic heterocycles. The van der Waals surface area contributed by atoms with Crippen LogP contribution in [0.15, 0.2) is 17.7 Å². The van der Waals surface area contributed by atoms with Gasteiger partial charge in [0.05, 0.1) is 0 Å². The van der Waals surface area contributed by atoms with Crippen LogP contribution < -0.4 is 4.90 Å². The molecule has 2 heterocycles. The van der Waals surface area contributed by atoms with Gasteiger partial charge in [0.15, 0.2) is 5.11 Å². The number of halogens is 1. The molecule has 0 spiro atoms. The number of hydrogen-bond donors (Lipinski definition) is 0. The molecule has 0 saturated carbocycles. The van der Waals surface area contributed by atoms with Crippen LogP contribution in [-0.2, 0) is 9.59 Å². The van der Waals surface area contributed by atoms with E-state index in [1.807, 2.05) is 7.05 Å². The average molecular weight is 389 g/mol. The molecule has 0 aliphatic carbocycles. The minimum Gasteiger partial charge on any atom is -0.369 e. The van der Waals surface area contributed by atoms with Crippen molar-refractivity contribution >= 4 is 40.9 Å². The van der Waals surface area contributed by atoms with Gasteiger partial charge in [0, 0.05) is 37.9 Å². The van der Waals surface area contributed by atoms with E-state index in [1.54, 1.807) is 6.07 Å². The van der Waals surface area contributed by atoms with E-state index in [0.29, 0.717) is 0 Å². The number of thiocarbonyl (C=S) groups is 1. The van der Waals surface area contributed by atoms with Crippen LogP contribution in [0.5, 0.6) is 0 Å². The van der Waals surface area contributed by atoms with E-state index in [9.17, 15) is 14.0 Å². The summed E-state index contributed by atoms with van der Waals surface area (Å²) in [5.41, 5.74) is 1.92. The first-order valence-corrected chi connectivity index (χ1v) is 9.25. The monoisotopic (exact) mass is 389 g/mol. The molecule has 1 aromatic rings. The van der Waals surface area contributed by atoms with E-state index in [0.717, 1.165) is 17.7 Å². The molecule has 3 rings (SSSR count). The number of fused-ring (bicyclic) bond motifs is 1. The zero-order chi connectivity index (χ0) is 20.3. The van der Waals surface area contributed by atoms with E-state index < -0.39 is 17.6 Å². The quantitative estimate of drug-likeness (QED) is 0.421. The fourth-order valence-electron chi connectivity index (χ4n) is 3.85. The zero-order valence-corrected chi connectivity index (χ0v) is 17.3. The fraction of sp³-hybridized carbons (Fsp3) is 0.450. The lowest BCUT2D eigenvalue weighted by molar-refractivity contribution is -0.132. The smallest absolute Gasteiger partial charge is 0.265 e. The molecule has 0 radical (unpaired) electrons. The molecular formula is C20H24FN3O2S. The van der Waals surface area contributed by atoms with Gasteiger partial charge >= 0.3 is 0 Å². The van der Waals surface area contributed by atoms with E-state index in [-0.39, 0.29) is 27.7 Å². The highest BCUT2D eigenvalue weighted by Crippen LogP contribution is 2.43. The van der Waals surface area contributed by atoms with Gasteiger partial charge in [0.25, 0.3) is 11.8 Å². The van der Waals surface area contributed by atoms with Gasteiger partial charge in [-0.05, 0) is 62.2 Å². The van der Waals surface area contributed by atoms with Gasteiger partial charge in [-0.15, -0.1) is 0 Å². The molecule has 2 aliphatic rings. The molecule has 2 amide bonds. The maximum Gasteiger partial charge on any atom is 0.265 e. The third-order valence-corrected chi connectivity index (χ3v) is 6.24. The Morgan fingerprint density at radius 1 is 1.15 bits per heavy atom. The summed E-state index contributed by atoms with van der Waals surface area (Å²) in [5, 5.41) is 0.130. The minimum absolute atomic E-state index is 0.0741. The van der Waals surface area contributed by atoms with Crippen molar-refractivity contribution in [1.82, 2.24) is 9.80 Å². The van der Waals surface area contributed by atoms with Crippen LogP contribution in [0.25, 0.3) is 6.08 Å². The third kappa shape index (κ3) is 3.04. The third-order valence-electron chi connectivity index (χ3n) is 5.70. The Kier molecular flexibility index (Phi) is 4.62. The summed E-state index contributed by atoms with van der Waals surface area (Å²) in [6.45, 7) is 6.38. The lowest BCUT2D eigenvalue weighted by Crippen LogP contribution is -2.52. The van der Waals surface area contributed by atoms with Gasteiger partial charge in [-0.2, -0.15) is 0 Å². The van der Waals surface area contributed by atoms with Gasteiger partial charge in [-0.25, -0.2) is 4.39 Å². The first-order chi connectivity index (χ1) is 12.5. The van der Waals surface area contributed by atoms with E-state index >= 15 is 0 Å². The summed E-state index contributed by atoms with van der Waals surface area (Å²) < 4.78 is 14.9. The highest BCUT2D eigenvalue weighted by Gasteiger charge is 2.37. The predicted molar refractivity (Wildman–Crippen MR) is 108 cm³/mol. The predicted octanol–water partition coefficient (Wildman–Crippen LogP) is 3.15. The molecule has 27 heavy (non-hydrogen) atoms. The van der Waals surface area contributed by atoms with Crippen molar-refractivity contribution in [3.63, 3.8) is 0 Å². The number of likely N-dealkylation sites (N-methyl/N-ethyl adjacent to an activating group) is 2. The largest absolute Gasteiger partial charge is 0.369 e. The number of amides is 2. The molecule has 1 aromatic carbocycles. The van der Waals surface area contributed by atoms with Crippen molar-refractivity contribution in [1.29, 1.82) is 0 Å². The highest BCUT2D eigenvalue weighted by molar-refractivity contribution is 7.80. The molecule has 0 aromatic heterocycles. The highest BCUT2D eigenvalue weighted by atomic mass is 32.1. The van der Waals surface area contributed by atoms with Gasteiger partial charge in [0.1, 0.15) is 11.4 Å². The maximum absolute atomic E-state index is 14.9. The van der Waals surface area contributed by atoms with Crippen molar-refractivity contribution in [3.05, 3.63) is 34.6 Å². The maximum atomic E-state index is 14.9. The summed E-state index contributed by atoms with van der Waals surface area (Å²) in [5.74, 6) is -1.27. The van der Waals surface area contributed by atoms with Crippen LogP contribution in [0, 0.1) is 5.82 Å². The van der Waals surface area contributed by atoms with Crippen molar-refractivity contribution in [3.8, 4) is 0 Å². The van der Waals surface area contributed by atoms with Crippen LogP contribution in [0.1, 0.15) is 44.2 Å². The van der Waals surface area contributed by atoms with Gasteiger partial charge in [0.2, 0.25) is 0 Å². The number of carbonyl (C=O) groups is 2. The van der Waals surface area contributed by atoms with Crippen molar-refractivity contribution in [2.75, 3.05) is 26.0 Å². The van der Waals surface area contributed by atoms with Crippen molar-refractivity contribution in [2.45, 2.75) is 38.6 Å². The Balaban J connectivity index is 2.10. The van der Waals surface area contributed by atoms with E-state index in [4.69, 9.17) is 12.2 Å². The lowest BCUT2D eigenvalue weighted by Gasteiger charge is -2.45. The average Bonchev–Trinajstić information content (AvgIpc) is 2.60. The summed E-state index contributed by atoms with van der Waals surface area (Å²) in [6.07, 6.45) is 2.26.